The van der Waals surface area contributed by atoms with Crippen molar-refractivity contribution in [3.8, 4) is 5.75 Å². The smallest absolute Gasteiger partial charge is 0.269 e. The van der Waals surface area contributed by atoms with Gasteiger partial charge in [0.25, 0.3) is 5.69 Å². The van der Waals surface area contributed by atoms with Gasteiger partial charge >= 0.3 is 0 Å². The molecule has 0 aliphatic carbocycles. The van der Waals surface area contributed by atoms with Crippen molar-refractivity contribution in [1.82, 2.24) is 19.6 Å². The maximum Gasteiger partial charge on any atom is 0.269 e. The molecule has 1 aliphatic heterocycles. The van der Waals surface area contributed by atoms with Crippen LogP contribution in [0, 0.1) is 10.1 Å². The van der Waals surface area contributed by atoms with Crippen molar-refractivity contribution in [3.05, 3.63) is 81.7 Å². The molecule has 188 valence electrons. The van der Waals surface area contributed by atoms with Crippen LogP contribution in [-0.4, -0.2) is 71.5 Å². The number of carbonyl (C=O) groups excluding carboxylic acids is 1. The second kappa shape index (κ2) is 12.2. The fourth-order valence-corrected chi connectivity index (χ4v) is 4.58. The van der Waals surface area contributed by atoms with Gasteiger partial charge in [-0.15, -0.1) is 0 Å². The van der Waals surface area contributed by atoms with E-state index in [4.69, 9.17) is 9.72 Å². The van der Waals surface area contributed by atoms with Crippen molar-refractivity contribution in [2.75, 3.05) is 51.3 Å². The van der Waals surface area contributed by atoms with E-state index >= 15 is 0 Å². The standard InChI is InChI=1S/C25H28N6O4S/c1-35-22-4-2-3-20(17-22)18-23-27-25(36-28-23)30-15-13-29(14-16-30)12-11-26-24(32)10-7-19-5-8-21(9-6-19)31(33)34/h2-10,17H,11-16,18H2,1H3,(H,26,32). The van der Waals surface area contributed by atoms with Crippen LogP contribution >= 0.6 is 11.5 Å². The van der Waals surface area contributed by atoms with E-state index in [1.807, 2.05) is 24.3 Å². The number of amides is 1. The first kappa shape index (κ1) is 25.3. The molecule has 0 atom stereocenters. The number of nitro groups is 1. The molecule has 0 saturated carbocycles. The van der Waals surface area contributed by atoms with Crippen LogP contribution in [0.4, 0.5) is 10.8 Å². The number of ether oxygens (including phenoxy) is 1. The average Bonchev–Trinajstić information content (AvgIpc) is 3.36. The zero-order valence-electron chi connectivity index (χ0n) is 20.0. The third kappa shape index (κ3) is 7.09. The summed E-state index contributed by atoms with van der Waals surface area (Å²) < 4.78 is 9.82. The Morgan fingerprint density at radius 3 is 2.69 bits per heavy atom. The van der Waals surface area contributed by atoms with E-state index in [1.165, 1.54) is 29.7 Å². The molecule has 4 rings (SSSR count). The molecule has 36 heavy (non-hydrogen) atoms. The lowest BCUT2D eigenvalue weighted by atomic mass is 10.1. The molecule has 0 radical (unpaired) electrons. The quantitative estimate of drug-likeness (QED) is 0.253. The summed E-state index contributed by atoms with van der Waals surface area (Å²) in [6.45, 7) is 4.82. The highest BCUT2D eigenvalue weighted by molar-refractivity contribution is 7.09. The summed E-state index contributed by atoms with van der Waals surface area (Å²) in [6.07, 6.45) is 3.76. The highest BCUT2D eigenvalue weighted by atomic mass is 32.1. The first-order valence-corrected chi connectivity index (χ1v) is 12.4. The van der Waals surface area contributed by atoms with Crippen LogP contribution in [0.15, 0.2) is 54.6 Å². The molecule has 1 saturated heterocycles. The van der Waals surface area contributed by atoms with Crippen molar-refractivity contribution in [2.45, 2.75) is 6.42 Å². The first-order valence-electron chi connectivity index (χ1n) is 11.6. The highest BCUT2D eigenvalue weighted by Crippen LogP contribution is 2.21. The lowest BCUT2D eigenvalue weighted by molar-refractivity contribution is -0.384. The fourth-order valence-electron chi connectivity index (χ4n) is 3.85. The molecule has 0 spiro atoms. The predicted octanol–water partition coefficient (Wildman–Crippen LogP) is 3.00. The summed E-state index contributed by atoms with van der Waals surface area (Å²) in [6, 6.07) is 14.0. The minimum atomic E-state index is -0.449. The van der Waals surface area contributed by atoms with E-state index in [0.717, 1.165) is 60.6 Å². The second-order valence-electron chi connectivity index (χ2n) is 8.32. The SMILES string of the molecule is COc1cccc(Cc2nsc(N3CCN(CCNC(=O)C=Cc4ccc([N+](=O)[O-])cc4)CC3)n2)c1. The van der Waals surface area contributed by atoms with Crippen molar-refractivity contribution in [1.29, 1.82) is 0 Å². The van der Waals surface area contributed by atoms with Gasteiger partial charge in [-0.3, -0.25) is 19.8 Å². The number of nitrogens with one attached hydrogen (secondary N) is 1. The number of rotatable bonds is 10. The molecule has 0 bridgehead atoms. The van der Waals surface area contributed by atoms with Crippen LogP contribution < -0.4 is 15.0 Å². The molecule has 1 aliphatic rings. The van der Waals surface area contributed by atoms with Gasteiger partial charge in [0, 0.05) is 75.4 Å². The van der Waals surface area contributed by atoms with Crippen LogP contribution in [-0.2, 0) is 11.2 Å². The van der Waals surface area contributed by atoms with Crippen LogP contribution in [0.25, 0.3) is 6.08 Å². The number of aromatic nitrogens is 2. The zero-order chi connectivity index (χ0) is 25.3. The van der Waals surface area contributed by atoms with Gasteiger partial charge in [-0.2, -0.15) is 4.37 Å². The Kier molecular flexibility index (Phi) is 8.58. The van der Waals surface area contributed by atoms with Gasteiger partial charge in [0.2, 0.25) is 11.0 Å². The van der Waals surface area contributed by atoms with Crippen molar-refractivity contribution in [3.63, 3.8) is 0 Å². The van der Waals surface area contributed by atoms with Crippen LogP contribution in [0.2, 0.25) is 0 Å². The number of benzene rings is 2. The Labute approximate surface area is 213 Å². The van der Waals surface area contributed by atoms with Crippen molar-refractivity contribution < 1.29 is 14.5 Å². The van der Waals surface area contributed by atoms with Crippen molar-refractivity contribution in [2.24, 2.45) is 0 Å². The molecule has 1 N–H and O–H groups in total. The van der Waals surface area contributed by atoms with E-state index in [-0.39, 0.29) is 11.6 Å². The van der Waals surface area contributed by atoms with E-state index in [9.17, 15) is 14.9 Å². The molecule has 3 aromatic rings. The molecule has 0 unspecified atom stereocenters. The summed E-state index contributed by atoms with van der Waals surface area (Å²) in [5.74, 6) is 1.45. The van der Waals surface area contributed by atoms with Gasteiger partial charge in [-0.05, 0) is 41.5 Å². The monoisotopic (exact) mass is 508 g/mol. The van der Waals surface area contributed by atoms with Gasteiger partial charge in [-0.25, -0.2) is 4.98 Å². The van der Waals surface area contributed by atoms with Gasteiger partial charge in [0.05, 0.1) is 12.0 Å². The van der Waals surface area contributed by atoms with Crippen LogP contribution in [0.5, 0.6) is 5.75 Å². The minimum absolute atomic E-state index is 0.0245. The summed E-state index contributed by atoms with van der Waals surface area (Å²) in [4.78, 5) is 31.6. The number of carbonyl (C=O) groups is 1. The Balaban J connectivity index is 1.16. The molecule has 1 amide bonds. The molecule has 2 aromatic carbocycles. The van der Waals surface area contributed by atoms with Gasteiger partial charge in [-0.1, -0.05) is 12.1 Å². The number of methoxy groups -OCH3 is 1. The maximum atomic E-state index is 12.1. The van der Waals surface area contributed by atoms with E-state index in [0.29, 0.717) is 13.0 Å². The topological polar surface area (TPSA) is 114 Å². The largest absolute Gasteiger partial charge is 0.497 e. The number of anilines is 1. The summed E-state index contributed by atoms with van der Waals surface area (Å²) >= 11 is 1.43. The van der Waals surface area contributed by atoms with E-state index < -0.39 is 4.92 Å². The third-order valence-corrected chi connectivity index (χ3v) is 6.67. The summed E-state index contributed by atoms with van der Waals surface area (Å²) in [5.41, 5.74) is 1.87. The Morgan fingerprint density at radius 2 is 1.97 bits per heavy atom. The summed E-state index contributed by atoms with van der Waals surface area (Å²) in [7, 11) is 1.66. The summed E-state index contributed by atoms with van der Waals surface area (Å²) in [5, 5.41) is 14.5. The van der Waals surface area contributed by atoms with Crippen molar-refractivity contribution >= 4 is 34.3 Å². The number of piperazine rings is 1. The average molecular weight is 509 g/mol. The molecule has 1 aromatic heterocycles. The normalized spacial score (nSPS) is 14.2. The molecule has 1 fully saturated rings. The van der Waals surface area contributed by atoms with E-state index in [1.54, 1.807) is 25.3 Å². The number of nitro benzene ring substituents is 1. The third-order valence-electron chi connectivity index (χ3n) is 5.85. The Bertz CT molecular complexity index is 1210. The minimum Gasteiger partial charge on any atom is -0.497 e. The lowest BCUT2D eigenvalue weighted by Crippen LogP contribution is -2.48. The lowest BCUT2D eigenvalue weighted by Gasteiger charge is -2.34. The van der Waals surface area contributed by atoms with E-state index in [2.05, 4.69) is 19.5 Å². The molecule has 11 heteroatoms. The van der Waals surface area contributed by atoms with Gasteiger partial charge in [0.1, 0.15) is 11.6 Å². The van der Waals surface area contributed by atoms with Crippen LogP contribution in [0.1, 0.15) is 17.0 Å². The fraction of sp³-hybridized carbons (Fsp3) is 0.320. The molecule has 2 heterocycles. The number of nitrogens with zero attached hydrogens (tertiary/aromatic N) is 5. The van der Waals surface area contributed by atoms with Gasteiger partial charge < -0.3 is 15.0 Å². The predicted molar refractivity (Wildman–Crippen MR) is 140 cm³/mol. The van der Waals surface area contributed by atoms with Gasteiger partial charge in [0.15, 0.2) is 0 Å². The Hall–Kier alpha value is -3.83. The second-order valence-corrected chi connectivity index (χ2v) is 9.05. The highest BCUT2D eigenvalue weighted by Gasteiger charge is 2.20. The maximum absolute atomic E-state index is 12.1. The number of non-ortho nitro benzene ring substituents is 1. The molecular weight excluding hydrogens is 480 g/mol. The first-order chi connectivity index (χ1) is 17.5. The number of hydrogen-bond acceptors (Lipinski definition) is 9. The number of hydrogen-bond donors (Lipinski definition) is 1. The zero-order valence-corrected chi connectivity index (χ0v) is 20.8. The molecule has 10 nitrogen and oxygen atoms in total. The molecular formula is C25H28N6O4S. The Morgan fingerprint density at radius 1 is 1.19 bits per heavy atom. The van der Waals surface area contributed by atoms with Crippen LogP contribution in [0.3, 0.4) is 0 Å².